The Morgan fingerprint density at radius 2 is 2.42 bits per heavy atom. The summed E-state index contributed by atoms with van der Waals surface area (Å²) in [5.41, 5.74) is 4.90. The number of nitrogens with two attached hydrogens (primary N) is 1. The monoisotopic (exact) mass is 186 g/mol. The molecule has 1 rings (SSSR count). The summed E-state index contributed by atoms with van der Waals surface area (Å²) in [7, 11) is 0. The van der Waals surface area contributed by atoms with Crippen LogP contribution in [-0.4, -0.2) is 17.1 Å². The lowest BCUT2D eigenvalue weighted by atomic mass is 10.1. The fourth-order valence-electron chi connectivity index (χ4n) is 0.816. The summed E-state index contributed by atoms with van der Waals surface area (Å²) in [5.74, 6) is 0. The number of hydrogen-bond acceptors (Lipinski definition) is 2. The Morgan fingerprint density at radius 3 is 3.00 bits per heavy atom. The van der Waals surface area contributed by atoms with Crippen molar-refractivity contribution in [3.05, 3.63) is 23.9 Å². The number of carbonyl (C=O) groups excluding carboxylic acids is 1. The van der Waals surface area contributed by atoms with Gasteiger partial charge in [0.2, 0.25) is 0 Å². The van der Waals surface area contributed by atoms with Crippen molar-refractivity contribution >= 4 is 23.1 Å². The molecule has 0 aromatic rings. The number of alkyl halides is 1. The summed E-state index contributed by atoms with van der Waals surface area (Å²) in [6.07, 6.45) is 3.01. The number of urea groups is 1. The first-order chi connectivity index (χ1) is 5.61. The minimum atomic E-state index is -1.43. The predicted molar refractivity (Wildman–Crippen MR) is 47.4 cm³/mol. The predicted octanol–water partition coefficient (Wildman–Crippen LogP) is 0.816. The third-order valence-electron chi connectivity index (χ3n) is 1.33. The standard InChI is InChI=1S/C7H7FN2OS/c8-6-4(10-7(9)11)2-1-3-5(6)12/h1-3,6H,(H3,9,10,11). The smallest absolute Gasteiger partial charge is 0.316 e. The lowest BCUT2D eigenvalue weighted by Crippen LogP contribution is -2.35. The van der Waals surface area contributed by atoms with Gasteiger partial charge in [-0.3, -0.25) is 0 Å². The van der Waals surface area contributed by atoms with Gasteiger partial charge in [0, 0.05) is 0 Å². The van der Waals surface area contributed by atoms with Crippen molar-refractivity contribution in [1.82, 2.24) is 5.32 Å². The first-order valence-electron chi connectivity index (χ1n) is 3.24. The number of hydrogen-bond donors (Lipinski definition) is 2. The molecule has 1 atom stereocenters. The molecule has 0 spiro atoms. The highest BCUT2D eigenvalue weighted by Gasteiger charge is 2.19. The summed E-state index contributed by atoms with van der Waals surface area (Å²) < 4.78 is 13.1. The van der Waals surface area contributed by atoms with Gasteiger partial charge in [-0.05, 0) is 12.2 Å². The Labute approximate surface area is 74.1 Å². The third-order valence-corrected chi connectivity index (χ3v) is 1.67. The summed E-state index contributed by atoms with van der Waals surface area (Å²) in [4.78, 5) is 10.5. The number of allylic oxidation sites excluding steroid dienone is 4. The first-order valence-corrected chi connectivity index (χ1v) is 3.64. The maximum atomic E-state index is 13.1. The van der Waals surface area contributed by atoms with Gasteiger partial charge in [-0.2, -0.15) is 0 Å². The fourth-order valence-corrected chi connectivity index (χ4v) is 1.02. The van der Waals surface area contributed by atoms with E-state index in [1.165, 1.54) is 12.2 Å². The molecule has 0 saturated carbocycles. The van der Waals surface area contributed by atoms with Crippen LogP contribution in [-0.2, 0) is 0 Å². The van der Waals surface area contributed by atoms with E-state index >= 15 is 0 Å². The lowest BCUT2D eigenvalue weighted by Gasteiger charge is -2.14. The Hall–Kier alpha value is -1.23. The van der Waals surface area contributed by atoms with Crippen LogP contribution in [0.4, 0.5) is 9.18 Å². The van der Waals surface area contributed by atoms with Crippen molar-refractivity contribution in [3.8, 4) is 0 Å². The number of thiocarbonyl (C=S) groups is 1. The van der Waals surface area contributed by atoms with Crippen LogP contribution in [0.25, 0.3) is 0 Å². The van der Waals surface area contributed by atoms with E-state index in [4.69, 9.17) is 5.73 Å². The number of halogens is 1. The van der Waals surface area contributed by atoms with Gasteiger partial charge >= 0.3 is 6.03 Å². The van der Waals surface area contributed by atoms with E-state index in [1.807, 2.05) is 0 Å². The molecule has 0 aromatic heterocycles. The van der Waals surface area contributed by atoms with Gasteiger partial charge in [0.1, 0.15) is 0 Å². The van der Waals surface area contributed by atoms with Gasteiger partial charge in [0.05, 0.1) is 10.6 Å². The first kappa shape index (κ1) is 8.86. The Balaban J connectivity index is 2.76. The minimum absolute atomic E-state index is 0.0926. The summed E-state index contributed by atoms with van der Waals surface area (Å²) in [6.45, 7) is 0. The number of carbonyl (C=O) groups is 1. The minimum Gasteiger partial charge on any atom is -0.351 e. The van der Waals surface area contributed by atoms with E-state index in [-0.39, 0.29) is 10.6 Å². The van der Waals surface area contributed by atoms with Crippen molar-refractivity contribution in [3.63, 3.8) is 0 Å². The van der Waals surface area contributed by atoms with E-state index < -0.39 is 12.2 Å². The highest BCUT2D eigenvalue weighted by molar-refractivity contribution is 7.80. The lowest BCUT2D eigenvalue weighted by molar-refractivity contribution is 0.250. The van der Waals surface area contributed by atoms with Crippen LogP contribution < -0.4 is 11.1 Å². The Morgan fingerprint density at radius 1 is 1.75 bits per heavy atom. The fraction of sp³-hybridized carbons (Fsp3) is 0.143. The second-order valence-corrected chi connectivity index (χ2v) is 2.71. The zero-order valence-corrected chi connectivity index (χ0v) is 6.90. The SMILES string of the molecule is NC(=O)NC1=CC=CC(=S)C1F. The molecule has 3 N–H and O–H groups in total. The summed E-state index contributed by atoms with van der Waals surface area (Å²) in [5, 5.41) is 2.15. The second kappa shape index (κ2) is 3.44. The number of amides is 2. The quantitative estimate of drug-likeness (QED) is 0.595. The Bertz CT molecular complexity index is 285. The van der Waals surface area contributed by atoms with Crippen LogP contribution in [0.1, 0.15) is 0 Å². The van der Waals surface area contributed by atoms with Gasteiger partial charge < -0.3 is 11.1 Å². The van der Waals surface area contributed by atoms with Gasteiger partial charge in [0.15, 0.2) is 6.17 Å². The summed E-state index contributed by atoms with van der Waals surface area (Å²) >= 11 is 4.66. The van der Waals surface area contributed by atoms with E-state index in [2.05, 4.69) is 17.5 Å². The Kier molecular flexibility index (Phi) is 2.54. The average Bonchev–Trinajstić information content (AvgIpc) is 1.98. The second-order valence-electron chi connectivity index (χ2n) is 2.24. The molecule has 1 aliphatic rings. The van der Waals surface area contributed by atoms with Gasteiger partial charge in [0.25, 0.3) is 0 Å². The molecule has 0 aliphatic heterocycles. The van der Waals surface area contributed by atoms with Crippen LogP contribution in [0.2, 0.25) is 0 Å². The maximum absolute atomic E-state index is 13.1. The molecular formula is C7H7FN2OS. The van der Waals surface area contributed by atoms with E-state index in [1.54, 1.807) is 6.08 Å². The highest BCUT2D eigenvalue weighted by Crippen LogP contribution is 2.12. The van der Waals surface area contributed by atoms with Gasteiger partial charge in [-0.25, -0.2) is 9.18 Å². The van der Waals surface area contributed by atoms with Gasteiger partial charge in [-0.15, -0.1) is 0 Å². The van der Waals surface area contributed by atoms with E-state index in [9.17, 15) is 9.18 Å². The molecule has 0 saturated heterocycles. The van der Waals surface area contributed by atoms with Crippen molar-refractivity contribution in [2.75, 3.05) is 0 Å². The molecule has 0 fully saturated rings. The van der Waals surface area contributed by atoms with Crippen LogP contribution in [0.3, 0.4) is 0 Å². The van der Waals surface area contributed by atoms with E-state index in [0.29, 0.717) is 0 Å². The van der Waals surface area contributed by atoms with Gasteiger partial charge in [-0.1, -0.05) is 18.3 Å². The largest absolute Gasteiger partial charge is 0.351 e. The van der Waals surface area contributed by atoms with Crippen molar-refractivity contribution in [2.24, 2.45) is 5.73 Å². The zero-order valence-electron chi connectivity index (χ0n) is 6.08. The molecule has 5 heteroatoms. The highest BCUT2D eigenvalue weighted by atomic mass is 32.1. The van der Waals surface area contributed by atoms with Crippen LogP contribution in [0.5, 0.6) is 0 Å². The average molecular weight is 186 g/mol. The zero-order chi connectivity index (χ0) is 9.14. The molecule has 0 radical (unpaired) electrons. The number of rotatable bonds is 1. The molecule has 3 nitrogen and oxygen atoms in total. The summed E-state index contributed by atoms with van der Waals surface area (Å²) in [6, 6.07) is -0.790. The normalized spacial score (nSPS) is 21.9. The molecular weight excluding hydrogens is 179 g/mol. The maximum Gasteiger partial charge on any atom is 0.316 e. The van der Waals surface area contributed by atoms with Crippen LogP contribution in [0.15, 0.2) is 23.9 Å². The molecule has 1 unspecified atom stereocenters. The molecule has 0 heterocycles. The van der Waals surface area contributed by atoms with Crippen molar-refractivity contribution in [2.45, 2.75) is 6.17 Å². The molecule has 0 bridgehead atoms. The molecule has 1 aliphatic carbocycles. The van der Waals surface area contributed by atoms with Crippen LogP contribution in [0, 0.1) is 0 Å². The third kappa shape index (κ3) is 1.88. The van der Waals surface area contributed by atoms with E-state index in [0.717, 1.165) is 0 Å². The van der Waals surface area contributed by atoms with Crippen molar-refractivity contribution in [1.29, 1.82) is 0 Å². The molecule has 12 heavy (non-hydrogen) atoms. The topological polar surface area (TPSA) is 55.1 Å². The van der Waals surface area contributed by atoms with Crippen molar-refractivity contribution < 1.29 is 9.18 Å². The molecule has 2 amide bonds. The molecule has 64 valence electrons. The number of primary amides is 1. The molecule has 0 aromatic carbocycles. The number of nitrogens with one attached hydrogen (secondary N) is 1. The van der Waals surface area contributed by atoms with Crippen LogP contribution >= 0.6 is 12.2 Å².